The minimum Gasteiger partial charge on any atom is -0.388 e. The summed E-state index contributed by atoms with van der Waals surface area (Å²) in [6.07, 6.45) is 7.32. The molecule has 0 aromatic rings. The number of allylic oxidation sites excluding steroid dienone is 1. The highest BCUT2D eigenvalue weighted by Crippen LogP contribution is 2.51. The van der Waals surface area contributed by atoms with E-state index in [0.29, 0.717) is 31.8 Å². The second kappa shape index (κ2) is 11.0. The van der Waals surface area contributed by atoms with Crippen LogP contribution in [0.4, 0.5) is 0 Å². The standard InChI is InChI=1S/C17H28O3.2C2H6/c1-4-17(19,5-2)12-20-11-13-8-9-14-15(18)7-6-10-16(13,14)3;2*1-2/h8,14,19H,4-7,9-12H2,1-3H3;2*1-2H3. The number of Topliss-reactive ketones (excluding diaryl/α,β-unsaturated/α-hetero) is 1. The molecule has 2 aliphatic carbocycles. The lowest BCUT2D eigenvalue weighted by atomic mass is 9.66. The van der Waals surface area contributed by atoms with Gasteiger partial charge in [-0.25, -0.2) is 0 Å². The molecule has 0 amide bonds. The Labute approximate surface area is 149 Å². The Morgan fingerprint density at radius 2 is 1.83 bits per heavy atom. The predicted molar refractivity (Wildman–Crippen MR) is 102 cm³/mol. The molecular weight excluding hydrogens is 300 g/mol. The first kappa shape index (κ1) is 23.3. The molecule has 2 atom stereocenters. The lowest BCUT2D eigenvalue weighted by molar-refractivity contribution is -0.128. The fourth-order valence-corrected chi connectivity index (χ4v) is 3.63. The highest BCUT2D eigenvalue weighted by Gasteiger charge is 2.46. The largest absolute Gasteiger partial charge is 0.388 e. The number of rotatable bonds is 6. The van der Waals surface area contributed by atoms with Crippen molar-refractivity contribution in [1.29, 1.82) is 0 Å². The van der Waals surface area contributed by atoms with Crippen LogP contribution in [0.3, 0.4) is 0 Å². The van der Waals surface area contributed by atoms with Crippen molar-refractivity contribution in [3.05, 3.63) is 11.6 Å². The minimum absolute atomic E-state index is 0.00583. The van der Waals surface area contributed by atoms with Crippen LogP contribution in [-0.4, -0.2) is 29.7 Å². The van der Waals surface area contributed by atoms with Crippen LogP contribution in [0.1, 0.15) is 87.0 Å². The molecule has 3 nitrogen and oxygen atoms in total. The van der Waals surface area contributed by atoms with Gasteiger partial charge in [0.1, 0.15) is 5.78 Å². The summed E-state index contributed by atoms with van der Waals surface area (Å²) < 4.78 is 5.78. The number of hydrogen-bond donors (Lipinski definition) is 1. The van der Waals surface area contributed by atoms with Crippen LogP contribution in [-0.2, 0) is 9.53 Å². The van der Waals surface area contributed by atoms with Gasteiger partial charge in [-0.1, -0.05) is 54.5 Å². The summed E-state index contributed by atoms with van der Waals surface area (Å²) in [6, 6.07) is 0. The molecule has 0 aromatic heterocycles. The zero-order valence-corrected chi connectivity index (χ0v) is 17.1. The Morgan fingerprint density at radius 1 is 1.25 bits per heavy atom. The van der Waals surface area contributed by atoms with Crippen LogP contribution in [0, 0.1) is 11.3 Å². The highest BCUT2D eigenvalue weighted by atomic mass is 16.5. The molecule has 0 aliphatic heterocycles. The third kappa shape index (κ3) is 5.42. The topological polar surface area (TPSA) is 46.5 Å². The minimum atomic E-state index is -0.706. The molecule has 0 aromatic carbocycles. The number of carbonyl (C=O) groups excluding carboxylic acids is 1. The van der Waals surface area contributed by atoms with Gasteiger partial charge in [-0.2, -0.15) is 0 Å². The Kier molecular flexibility index (Phi) is 10.7. The van der Waals surface area contributed by atoms with E-state index in [2.05, 4.69) is 13.0 Å². The zero-order valence-electron chi connectivity index (χ0n) is 17.1. The monoisotopic (exact) mass is 340 g/mol. The van der Waals surface area contributed by atoms with Crippen LogP contribution >= 0.6 is 0 Å². The van der Waals surface area contributed by atoms with E-state index in [9.17, 15) is 9.90 Å². The van der Waals surface area contributed by atoms with Crippen molar-refractivity contribution in [3.63, 3.8) is 0 Å². The first-order chi connectivity index (χ1) is 11.4. The van der Waals surface area contributed by atoms with Crippen molar-refractivity contribution in [3.8, 4) is 0 Å². The van der Waals surface area contributed by atoms with E-state index in [1.165, 1.54) is 5.57 Å². The number of ether oxygens (including phenoxy) is 1. The molecule has 0 spiro atoms. The molecule has 0 bridgehead atoms. The Hall–Kier alpha value is -0.670. The van der Waals surface area contributed by atoms with E-state index in [0.717, 1.165) is 25.7 Å². The molecule has 0 radical (unpaired) electrons. The first-order valence-electron chi connectivity index (χ1n) is 9.97. The summed E-state index contributed by atoms with van der Waals surface area (Å²) in [4.78, 5) is 12.0. The molecular formula is C21H40O3. The fraction of sp³-hybridized carbons (Fsp3) is 0.857. The van der Waals surface area contributed by atoms with Crippen molar-refractivity contribution >= 4 is 5.78 Å². The zero-order chi connectivity index (χ0) is 18.8. The van der Waals surface area contributed by atoms with Gasteiger partial charge >= 0.3 is 0 Å². The fourth-order valence-electron chi connectivity index (χ4n) is 3.63. The van der Waals surface area contributed by atoms with Crippen LogP contribution in [0.15, 0.2) is 11.6 Å². The molecule has 142 valence electrons. The van der Waals surface area contributed by atoms with E-state index >= 15 is 0 Å². The molecule has 1 fully saturated rings. The third-order valence-corrected chi connectivity index (χ3v) is 5.56. The van der Waals surface area contributed by atoms with Gasteiger partial charge < -0.3 is 9.84 Å². The Bertz CT molecular complexity index is 396. The average molecular weight is 341 g/mol. The summed E-state index contributed by atoms with van der Waals surface area (Å²) in [7, 11) is 0. The van der Waals surface area contributed by atoms with Crippen molar-refractivity contribution in [1.82, 2.24) is 0 Å². The van der Waals surface area contributed by atoms with E-state index in [1.807, 2.05) is 41.5 Å². The van der Waals surface area contributed by atoms with Crippen molar-refractivity contribution < 1.29 is 14.6 Å². The Morgan fingerprint density at radius 3 is 2.38 bits per heavy atom. The smallest absolute Gasteiger partial charge is 0.137 e. The molecule has 3 heteroatoms. The maximum absolute atomic E-state index is 12.0. The van der Waals surface area contributed by atoms with E-state index in [-0.39, 0.29) is 11.3 Å². The van der Waals surface area contributed by atoms with Gasteiger partial charge in [-0.15, -0.1) is 0 Å². The second-order valence-electron chi connectivity index (χ2n) is 6.68. The number of aliphatic hydroxyl groups is 1. The van der Waals surface area contributed by atoms with E-state index in [4.69, 9.17) is 4.74 Å². The van der Waals surface area contributed by atoms with Gasteiger partial charge in [0.05, 0.1) is 18.8 Å². The van der Waals surface area contributed by atoms with Gasteiger partial charge in [-0.3, -0.25) is 4.79 Å². The number of carbonyl (C=O) groups is 1. The molecule has 1 saturated carbocycles. The van der Waals surface area contributed by atoms with Gasteiger partial charge in [-0.05, 0) is 37.7 Å². The normalized spacial score (nSPS) is 25.8. The molecule has 2 unspecified atom stereocenters. The van der Waals surface area contributed by atoms with Crippen LogP contribution < -0.4 is 0 Å². The summed E-state index contributed by atoms with van der Waals surface area (Å²) in [5.74, 6) is 0.592. The molecule has 1 N–H and O–H groups in total. The number of hydrogen-bond acceptors (Lipinski definition) is 3. The number of fused-ring (bicyclic) bond motifs is 1. The summed E-state index contributed by atoms with van der Waals surface area (Å²) in [6.45, 7) is 15.1. The van der Waals surface area contributed by atoms with Gasteiger partial charge in [0.2, 0.25) is 0 Å². The number of ketones is 1. The lowest BCUT2D eigenvalue weighted by Gasteiger charge is -2.38. The first-order valence-corrected chi connectivity index (χ1v) is 9.97. The molecule has 0 heterocycles. The van der Waals surface area contributed by atoms with Crippen molar-refractivity contribution in [2.24, 2.45) is 11.3 Å². The van der Waals surface area contributed by atoms with Crippen molar-refractivity contribution in [2.45, 2.75) is 92.6 Å². The highest BCUT2D eigenvalue weighted by molar-refractivity contribution is 5.84. The SMILES string of the molecule is CC.CC.CCC(O)(CC)COCC1=CCC2C(=O)CCCC12C. The van der Waals surface area contributed by atoms with Gasteiger partial charge in [0.25, 0.3) is 0 Å². The van der Waals surface area contributed by atoms with Crippen LogP contribution in [0.5, 0.6) is 0 Å². The Balaban J connectivity index is 0.00000123. The molecule has 24 heavy (non-hydrogen) atoms. The third-order valence-electron chi connectivity index (χ3n) is 5.56. The van der Waals surface area contributed by atoms with Crippen LogP contribution in [0.2, 0.25) is 0 Å². The van der Waals surface area contributed by atoms with Gasteiger partial charge in [0.15, 0.2) is 0 Å². The van der Waals surface area contributed by atoms with Gasteiger partial charge in [0, 0.05) is 17.8 Å². The second-order valence-corrected chi connectivity index (χ2v) is 6.68. The van der Waals surface area contributed by atoms with Crippen LogP contribution in [0.25, 0.3) is 0 Å². The molecule has 2 rings (SSSR count). The maximum Gasteiger partial charge on any atom is 0.137 e. The predicted octanol–water partition coefficient (Wildman–Crippen LogP) is 5.31. The van der Waals surface area contributed by atoms with E-state index in [1.54, 1.807) is 0 Å². The summed E-state index contributed by atoms with van der Waals surface area (Å²) in [5, 5.41) is 10.2. The quantitative estimate of drug-likeness (QED) is 0.666. The maximum atomic E-state index is 12.0. The average Bonchev–Trinajstić information content (AvgIpc) is 2.96. The summed E-state index contributed by atoms with van der Waals surface area (Å²) in [5.41, 5.74) is 0.568. The molecule has 0 saturated heterocycles. The summed E-state index contributed by atoms with van der Waals surface area (Å²) >= 11 is 0. The molecule has 2 aliphatic rings. The van der Waals surface area contributed by atoms with Crippen molar-refractivity contribution in [2.75, 3.05) is 13.2 Å². The van der Waals surface area contributed by atoms with E-state index < -0.39 is 5.60 Å². The lowest BCUT2D eigenvalue weighted by Crippen LogP contribution is -2.37.